The Labute approximate surface area is 196 Å². The fourth-order valence-corrected chi connectivity index (χ4v) is 4.59. The summed E-state index contributed by atoms with van der Waals surface area (Å²) in [6, 6.07) is 5.44. The Kier molecular flexibility index (Phi) is 6.81. The Morgan fingerprint density at radius 1 is 1.16 bits per heavy atom. The quantitative estimate of drug-likeness (QED) is 0.455. The first kappa shape index (κ1) is 22.4. The standard InChI is InChI=1S/C22H25Cl2N7O/c1-31-12-14(10-27-31)19-11-26-22(29-18-8-15(23)7-16(24)9-18)30-21(19)28-17-4-2-13(3-5-17)6-20(25)32/h7-13,17H,2-6H2,1H3,(H2,25,32)(H2,26,28,29,30). The molecular formula is C22H25Cl2N7O. The molecule has 2 heterocycles. The van der Waals surface area contributed by atoms with Crippen molar-refractivity contribution in [1.29, 1.82) is 0 Å². The summed E-state index contributed by atoms with van der Waals surface area (Å²) in [6.07, 6.45) is 9.76. The fourth-order valence-electron chi connectivity index (χ4n) is 4.07. The van der Waals surface area contributed by atoms with Crippen molar-refractivity contribution in [2.45, 2.75) is 38.1 Å². The highest BCUT2D eigenvalue weighted by Crippen LogP contribution is 2.33. The molecule has 1 aliphatic rings. The van der Waals surface area contributed by atoms with Gasteiger partial charge in [0.1, 0.15) is 5.82 Å². The number of primary amides is 1. The summed E-state index contributed by atoms with van der Waals surface area (Å²) in [4.78, 5) is 20.5. The van der Waals surface area contributed by atoms with Crippen molar-refractivity contribution >= 4 is 46.6 Å². The number of nitrogens with zero attached hydrogens (tertiary/aromatic N) is 4. The van der Waals surface area contributed by atoms with Crippen LogP contribution in [0.25, 0.3) is 11.1 Å². The van der Waals surface area contributed by atoms with Crippen molar-refractivity contribution in [3.05, 3.63) is 46.8 Å². The molecule has 0 unspecified atom stereocenters. The van der Waals surface area contributed by atoms with Crippen LogP contribution in [-0.2, 0) is 11.8 Å². The number of aromatic nitrogens is 4. The third-order valence-corrected chi connectivity index (χ3v) is 6.04. The van der Waals surface area contributed by atoms with E-state index in [1.165, 1.54) is 0 Å². The van der Waals surface area contributed by atoms with Crippen LogP contribution in [0.2, 0.25) is 10.0 Å². The molecule has 0 atom stereocenters. The maximum absolute atomic E-state index is 11.2. The Bertz CT molecular complexity index is 1090. The molecule has 4 rings (SSSR count). The SMILES string of the molecule is Cn1cc(-c2cnc(Nc3cc(Cl)cc(Cl)c3)nc2NC2CCC(CC(N)=O)CC2)cn1. The molecule has 8 nitrogen and oxygen atoms in total. The van der Waals surface area contributed by atoms with Gasteiger partial charge in [-0.2, -0.15) is 10.1 Å². The summed E-state index contributed by atoms with van der Waals surface area (Å²) in [5.74, 6) is 1.29. The Morgan fingerprint density at radius 3 is 2.50 bits per heavy atom. The lowest BCUT2D eigenvalue weighted by Crippen LogP contribution is -2.28. The van der Waals surface area contributed by atoms with Crippen molar-refractivity contribution in [3.63, 3.8) is 0 Å². The number of nitrogens with one attached hydrogen (secondary N) is 2. The Morgan fingerprint density at radius 2 is 1.88 bits per heavy atom. The highest BCUT2D eigenvalue weighted by molar-refractivity contribution is 6.35. The van der Waals surface area contributed by atoms with Crippen LogP contribution in [0.5, 0.6) is 0 Å². The van der Waals surface area contributed by atoms with Crippen LogP contribution in [0.3, 0.4) is 0 Å². The van der Waals surface area contributed by atoms with E-state index in [2.05, 4.69) is 20.7 Å². The maximum atomic E-state index is 11.2. The first-order valence-electron chi connectivity index (χ1n) is 10.5. The maximum Gasteiger partial charge on any atom is 0.229 e. The van der Waals surface area contributed by atoms with Crippen LogP contribution in [0.4, 0.5) is 17.5 Å². The zero-order valence-corrected chi connectivity index (χ0v) is 19.2. The molecule has 32 heavy (non-hydrogen) atoms. The zero-order valence-electron chi connectivity index (χ0n) is 17.7. The van der Waals surface area contributed by atoms with E-state index in [1.807, 2.05) is 13.2 Å². The number of amides is 1. The largest absolute Gasteiger partial charge is 0.370 e. The van der Waals surface area contributed by atoms with E-state index in [4.69, 9.17) is 33.9 Å². The van der Waals surface area contributed by atoms with E-state index in [-0.39, 0.29) is 11.9 Å². The third kappa shape index (κ3) is 5.69. The number of benzene rings is 1. The summed E-state index contributed by atoms with van der Waals surface area (Å²) in [5, 5.41) is 12.1. The van der Waals surface area contributed by atoms with Gasteiger partial charge in [0.05, 0.1) is 6.20 Å². The molecule has 0 saturated heterocycles. The highest BCUT2D eigenvalue weighted by atomic mass is 35.5. The minimum atomic E-state index is -0.229. The highest BCUT2D eigenvalue weighted by Gasteiger charge is 2.24. The monoisotopic (exact) mass is 473 g/mol. The topological polar surface area (TPSA) is 111 Å². The van der Waals surface area contributed by atoms with Gasteiger partial charge in [0.25, 0.3) is 0 Å². The van der Waals surface area contributed by atoms with Gasteiger partial charge >= 0.3 is 0 Å². The summed E-state index contributed by atoms with van der Waals surface area (Å²) in [6.45, 7) is 0. The molecule has 0 spiro atoms. The molecule has 1 fully saturated rings. The molecular weight excluding hydrogens is 449 g/mol. The van der Waals surface area contributed by atoms with E-state index < -0.39 is 0 Å². The van der Waals surface area contributed by atoms with Crippen molar-refractivity contribution in [3.8, 4) is 11.1 Å². The lowest BCUT2D eigenvalue weighted by Gasteiger charge is -2.29. The first-order chi connectivity index (χ1) is 15.4. The van der Waals surface area contributed by atoms with Crippen molar-refractivity contribution in [1.82, 2.24) is 19.7 Å². The fraction of sp³-hybridized carbons (Fsp3) is 0.364. The molecule has 0 bridgehead atoms. The average molecular weight is 474 g/mol. The minimum Gasteiger partial charge on any atom is -0.370 e. The van der Waals surface area contributed by atoms with Gasteiger partial charge in [0.2, 0.25) is 11.9 Å². The Hall–Kier alpha value is -2.84. The first-order valence-corrected chi connectivity index (χ1v) is 11.3. The number of anilines is 3. The molecule has 3 aromatic rings. The number of hydrogen-bond acceptors (Lipinski definition) is 6. The van der Waals surface area contributed by atoms with E-state index in [9.17, 15) is 4.79 Å². The lowest BCUT2D eigenvalue weighted by molar-refractivity contribution is -0.119. The van der Waals surface area contributed by atoms with Gasteiger partial charge in [-0.25, -0.2) is 4.98 Å². The predicted molar refractivity (Wildman–Crippen MR) is 127 cm³/mol. The number of aryl methyl sites for hydroxylation is 1. The lowest BCUT2D eigenvalue weighted by atomic mass is 9.84. The molecule has 1 aliphatic carbocycles. The normalized spacial score (nSPS) is 18.3. The second-order valence-electron chi connectivity index (χ2n) is 8.17. The number of nitrogens with two attached hydrogens (primary N) is 1. The minimum absolute atomic E-state index is 0.229. The smallest absolute Gasteiger partial charge is 0.229 e. The third-order valence-electron chi connectivity index (χ3n) is 5.60. The van der Waals surface area contributed by atoms with Gasteiger partial charge in [-0.05, 0) is 49.8 Å². The number of carbonyl (C=O) groups is 1. The summed E-state index contributed by atoms with van der Waals surface area (Å²) in [5.41, 5.74) is 7.86. The number of halogens is 2. The summed E-state index contributed by atoms with van der Waals surface area (Å²) < 4.78 is 1.74. The second-order valence-corrected chi connectivity index (χ2v) is 9.05. The van der Waals surface area contributed by atoms with E-state index in [0.29, 0.717) is 34.0 Å². The van der Waals surface area contributed by atoms with Crippen LogP contribution in [0, 0.1) is 5.92 Å². The molecule has 0 radical (unpaired) electrons. The molecule has 0 aliphatic heterocycles. The molecule has 2 aromatic heterocycles. The number of rotatable bonds is 7. The van der Waals surface area contributed by atoms with E-state index >= 15 is 0 Å². The zero-order chi connectivity index (χ0) is 22.7. The van der Waals surface area contributed by atoms with Crippen LogP contribution in [-0.4, -0.2) is 31.7 Å². The van der Waals surface area contributed by atoms with E-state index in [0.717, 1.165) is 42.6 Å². The van der Waals surface area contributed by atoms with Crippen LogP contribution in [0.1, 0.15) is 32.1 Å². The van der Waals surface area contributed by atoms with Gasteiger partial charge in [0, 0.05) is 58.8 Å². The van der Waals surface area contributed by atoms with E-state index in [1.54, 1.807) is 35.3 Å². The van der Waals surface area contributed by atoms with Crippen molar-refractivity contribution in [2.24, 2.45) is 18.7 Å². The molecule has 1 saturated carbocycles. The van der Waals surface area contributed by atoms with Crippen molar-refractivity contribution < 1.29 is 4.79 Å². The molecule has 1 aromatic carbocycles. The van der Waals surface area contributed by atoms with Crippen molar-refractivity contribution in [2.75, 3.05) is 10.6 Å². The van der Waals surface area contributed by atoms with Crippen LogP contribution < -0.4 is 16.4 Å². The van der Waals surface area contributed by atoms with Gasteiger partial charge in [-0.1, -0.05) is 23.2 Å². The van der Waals surface area contributed by atoms with Crippen LogP contribution in [0.15, 0.2) is 36.8 Å². The molecule has 1 amide bonds. The Balaban J connectivity index is 1.56. The van der Waals surface area contributed by atoms with Gasteiger partial charge in [-0.15, -0.1) is 0 Å². The number of hydrogen-bond donors (Lipinski definition) is 3. The average Bonchev–Trinajstić information content (AvgIpc) is 3.14. The second kappa shape index (κ2) is 9.75. The number of carbonyl (C=O) groups excluding carboxylic acids is 1. The molecule has 168 valence electrons. The van der Waals surface area contributed by atoms with Crippen LogP contribution >= 0.6 is 23.2 Å². The summed E-state index contributed by atoms with van der Waals surface area (Å²) in [7, 11) is 1.87. The van der Waals surface area contributed by atoms with Gasteiger partial charge < -0.3 is 16.4 Å². The predicted octanol–water partition coefficient (Wildman–Crippen LogP) is 4.77. The molecule has 10 heteroatoms. The molecule has 4 N–H and O–H groups in total. The summed E-state index contributed by atoms with van der Waals surface area (Å²) >= 11 is 12.2. The van der Waals surface area contributed by atoms with Gasteiger partial charge in [0.15, 0.2) is 0 Å². The van der Waals surface area contributed by atoms with Gasteiger partial charge in [-0.3, -0.25) is 9.48 Å².